The van der Waals surface area contributed by atoms with Gasteiger partial charge in [0.15, 0.2) is 0 Å². The van der Waals surface area contributed by atoms with Gasteiger partial charge in [0.2, 0.25) is 5.91 Å². The molecule has 1 aromatic carbocycles. The average Bonchev–Trinajstić information content (AvgIpc) is 2.42. The average molecular weight is 291 g/mol. The molecule has 1 amide bonds. The van der Waals surface area contributed by atoms with Crippen molar-refractivity contribution in [2.45, 2.75) is 38.6 Å². The summed E-state index contributed by atoms with van der Waals surface area (Å²) in [5.74, 6) is -0.779. The van der Waals surface area contributed by atoms with Gasteiger partial charge in [0.1, 0.15) is 12.3 Å². The molecule has 0 radical (unpaired) electrons. The van der Waals surface area contributed by atoms with Gasteiger partial charge < -0.3 is 14.7 Å². The maximum atomic E-state index is 12.9. The predicted molar refractivity (Wildman–Crippen MR) is 78.4 cm³/mol. The fraction of sp³-hybridized carbons (Fsp3) is 0.500. The smallest absolute Gasteiger partial charge is 0.323 e. The third-order valence-electron chi connectivity index (χ3n) is 3.63. The molecule has 5 nitrogen and oxygen atoms in total. The van der Waals surface area contributed by atoms with Crippen LogP contribution in [0, 0.1) is 0 Å². The van der Waals surface area contributed by atoms with E-state index in [-0.39, 0.29) is 18.4 Å². The lowest BCUT2D eigenvalue weighted by Crippen LogP contribution is -2.50. The minimum atomic E-state index is -1.00. The second-order valence-corrected chi connectivity index (χ2v) is 6.22. The van der Waals surface area contributed by atoms with Crippen molar-refractivity contribution in [1.82, 2.24) is 4.90 Å². The van der Waals surface area contributed by atoms with Gasteiger partial charge in [0.05, 0.1) is 12.5 Å². The lowest BCUT2D eigenvalue weighted by atomic mass is 9.90. The van der Waals surface area contributed by atoms with Gasteiger partial charge in [-0.05, 0) is 33.3 Å². The first-order valence-corrected chi connectivity index (χ1v) is 7.05. The highest BCUT2D eigenvalue weighted by atomic mass is 16.5. The van der Waals surface area contributed by atoms with Crippen molar-refractivity contribution < 1.29 is 19.4 Å². The molecule has 1 heterocycles. The highest BCUT2D eigenvalue weighted by Gasteiger charge is 2.36. The molecule has 5 heteroatoms. The second kappa shape index (κ2) is 5.76. The van der Waals surface area contributed by atoms with E-state index in [1.807, 2.05) is 45.0 Å². The molecule has 21 heavy (non-hydrogen) atoms. The molecular weight excluding hydrogens is 270 g/mol. The number of para-hydroxylation sites is 1. The molecular formula is C16H21NO4. The van der Waals surface area contributed by atoms with E-state index in [4.69, 9.17) is 9.84 Å². The normalized spacial score (nSPS) is 17.6. The SMILES string of the molecule is CC(C)(C)N(CC(=O)O)C(=O)C1CCOc2ccccc21. The Bertz CT molecular complexity index is 547. The van der Waals surface area contributed by atoms with E-state index in [0.717, 1.165) is 5.56 Å². The molecule has 1 aliphatic rings. The number of hydrogen-bond acceptors (Lipinski definition) is 3. The van der Waals surface area contributed by atoms with Crippen LogP contribution in [-0.4, -0.2) is 40.6 Å². The maximum Gasteiger partial charge on any atom is 0.323 e. The Labute approximate surface area is 124 Å². The van der Waals surface area contributed by atoms with Crippen molar-refractivity contribution in [2.24, 2.45) is 0 Å². The molecule has 0 bridgehead atoms. The molecule has 1 atom stereocenters. The first-order valence-electron chi connectivity index (χ1n) is 7.05. The number of ether oxygens (including phenoxy) is 1. The highest BCUT2D eigenvalue weighted by molar-refractivity contribution is 5.88. The van der Waals surface area contributed by atoms with Crippen LogP contribution in [0.5, 0.6) is 5.75 Å². The fourth-order valence-electron chi connectivity index (χ4n) is 2.57. The van der Waals surface area contributed by atoms with Crippen molar-refractivity contribution in [3.8, 4) is 5.75 Å². The van der Waals surface area contributed by atoms with Crippen molar-refractivity contribution in [3.05, 3.63) is 29.8 Å². The van der Waals surface area contributed by atoms with Gasteiger partial charge in [-0.3, -0.25) is 9.59 Å². The third kappa shape index (κ3) is 3.35. The van der Waals surface area contributed by atoms with Gasteiger partial charge in [0, 0.05) is 11.1 Å². The number of carboxylic acid groups (broad SMARTS) is 1. The first kappa shape index (κ1) is 15.4. The summed E-state index contributed by atoms with van der Waals surface area (Å²) in [6.45, 7) is 5.72. The van der Waals surface area contributed by atoms with Crippen LogP contribution in [0.4, 0.5) is 0 Å². The number of carboxylic acids is 1. The quantitative estimate of drug-likeness (QED) is 0.927. The van der Waals surface area contributed by atoms with Crippen LogP contribution >= 0.6 is 0 Å². The minimum absolute atomic E-state index is 0.152. The Morgan fingerprint density at radius 2 is 2.00 bits per heavy atom. The Morgan fingerprint density at radius 1 is 1.33 bits per heavy atom. The van der Waals surface area contributed by atoms with Crippen molar-refractivity contribution in [3.63, 3.8) is 0 Å². The maximum absolute atomic E-state index is 12.9. The van der Waals surface area contributed by atoms with E-state index < -0.39 is 11.5 Å². The molecule has 0 aliphatic carbocycles. The van der Waals surface area contributed by atoms with Gasteiger partial charge in [-0.15, -0.1) is 0 Å². The number of amides is 1. The fourth-order valence-corrected chi connectivity index (χ4v) is 2.57. The molecule has 0 aromatic heterocycles. The summed E-state index contributed by atoms with van der Waals surface area (Å²) in [4.78, 5) is 25.4. The molecule has 0 saturated heterocycles. The molecule has 1 aromatic rings. The molecule has 114 valence electrons. The second-order valence-electron chi connectivity index (χ2n) is 6.22. The van der Waals surface area contributed by atoms with Crippen LogP contribution in [0.25, 0.3) is 0 Å². The van der Waals surface area contributed by atoms with E-state index in [0.29, 0.717) is 18.8 Å². The first-order chi connectivity index (χ1) is 9.80. The number of rotatable bonds is 3. The van der Waals surface area contributed by atoms with E-state index in [2.05, 4.69) is 0 Å². The number of carbonyl (C=O) groups is 2. The molecule has 0 spiro atoms. The zero-order valence-corrected chi connectivity index (χ0v) is 12.6. The van der Waals surface area contributed by atoms with Crippen LogP contribution in [0.3, 0.4) is 0 Å². The summed E-state index contributed by atoms with van der Waals surface area (Å²) in [6.07, 6.45) is 0.571. The predicted octanol–water partition coefficient (Wildman–Crippen LogP) is 2.26. The number of aliphatic carboxylic acids is 1. The van der Waals surface area contributed by atoms with E-state index in [1.54, 1.807) is 0 Å². The van der Waals surface area contributed by atoms with Crippen molar-refractivity contribution in [1.29, 1.82) is 0 Å². The molecule has 1 unspecified atom stereocenters. The number of nitrogens with zero attached hydrogens (tertiary/aromatic N) is 1. The summed E-state index contributed by atoms with van der Waals surface area (Å²) in [6, 6.07) is 7.45. The number of carbonyl (C=O) groups excluding carboxylic acids is 1. The van der Waals surface area contributed by atoms with Crippen LogP contribution in [0.15, 0.2) is 24.3 Å². The number of hydrogen-bond donors (Lipinski definition) is 1. The topological polar surface area (TPSA) is 66.8 Å². The minimum Gasteiger partial charge on any atom is -0.493 e. The zero-order valence-electron chi connectivity index (χ0n) is 12.6. The highest BCUT2D eigenvalue weighted by Crippen LogP contribution is 2.35. The number of benzene rings is 1. The van der Waals surface area contributed by atoms with Crippen molar-refractivity contribution in [2.75, 3.05) is 13.2 Å². The van der Waals surface area contributed by atoms with Gasteiger partial charge >= 0.3 is 5.97 Å². The van der Waals surface area contributed by atoms with Crippen LogP contribution in [0.2, 0.25) is 0 Å². The van der Waals surface area contributed by atoms with E-state index >= 15 is 0 Å². The van der Waals surface area contributed by atoms with E-state index in [9.17, 15) is 9.59 Å². The largest absolute Gasteiger partial charge is 0.493 e. The van der Waals surface area contributed by atoms with Crippen molar-refractivity contribution >= 4 is 11.9 Å². The summed E-state index contributed by atoms with van der Waals surface area (Å²) < 4.78 is 5.56. The Morgan fingerprint density at radius 3 is 2.62 bits per heavy atom. The number of fused-ring (bicyclic) bond motifs is 1. The molecule has 1 aliphatic heterocycles. The monoisotopic (exact) mass is 291 g/mol. The van der Waals surface area contributed by atoms with Gasteiger partial charge in [-0.1, -0.05) is 18.2 Å². The van der Waals surface area contributed by atoms with Crippen LogP contribution < -0.4 is 4.74 Å². The molecule has 1 N–H and O–H groups in total. The van der Waals surface area contributed by atoms with Gasteiger partial charge in [-0.2, -0.15) is 0 Å². The van der Waals surface area contributed by atoms with Gasteiger partial charge in [-0.25, -0.2) is 0 Å². The molecule has 2 rings (SSSR count). The van der Waals surface area contributed by atoms with E-state index in [1.165, 1.54) is 4.90 Å². The standard InChI is InChI=1S/C16H21NO4/c1-16(2,3)17(10-14(18)19)15(20)12-8-9-21-13-7-5-4-6-11(12)13/h4-7,12H,8-10H2,1-3H3,(H,18,19). The Kier molecular flexibility index (Phi) is 4.21. The summed E-state index contributed by atoms with van der Waals surface area (Å²) in [5.41, 5.74) is 0.302. The summed E-state index contributed by atoms with van der Waals surface area (Å²) >= 11 is 0. The van der Waals surface area contributed by atoms with Gasteiger partial charge in [0.25, 0.3) is 0 Å². The zero-order chi connectivity index (χ0) is 15.6. The van der Waals surface area contributed by atoms with Crippen LogP contribution in [0.1, 0.15) is 38.7 Å². The Balaban J connectivity index is 2.32. The molecule has 0 fully saturated rings. The summed E-state index contributed by atoms with van der Waals surface area (Å²) in [5, 5.41) is 9.07. The summed E-state index contributed by atoms with van der Waals surface area (Å²) in [7, 11) is 0. The lowest BCUT2D eigenvalue weighted by molar-refractivity contribution is -0.149. The van der Waals surface area contributed by atoms with Crippen LogP contribution in [-0.2, 0) is 9.59 Å². The third-order valence-corrected chi connectivity index (χ3v) is 3.63. The lowest BCUT2D eigenvalue weighted by Gasteiger charge is -2.38. The molecule has 0 saturated carbocycles. The Hall–Kier alpha value is -2.04.